The number of aryl methyl sites for hydroxylation is 1. The van der Waals surface area contributed by atoms with E-state index in [1.54, 1.807) is 20.8 Å². The highest BCUT2D eigenvalue weighted by molar-refractivity contribution is 6.00. The summed E-state index contributed by atoms with van der Waals surface area (Å²) in [4.78, 5) is 24.8. The highest BCUT2D eigenvalue weighted by atomic mass is 19.3. The first kappa shape index (κ1) is 21.2. The van der Waals surface area contributed by atoms with Gasteiger partial charge in [0.2, 0.25) is 5.95 Å². The van der Waals surface area contributed by atoms with Crippen molar-refractivity contribution in [3.8, 4) is 22.4 Å². The highest BCUT2D eigenvalue weighted by Gasteiger charge is 2.25. The van der Waals surface area contributed by atoms with Crippen molar-refractivity contribution in [1.29, 1.82) is 0 Å². The predicted octanol–water partition coefficient (Wildman–Crippen LogP) is 4.74. The molecule has 0 spiro atoms. The summed E-state index contributed by atoms with van der Waals surface area (Å²) in [5.74, 6) is -1.47. The Morgan fingerprint density at radius 1 is 1.03 bits per heavy atom. The minimum Gasteiger partial charge on any atom is -0.458 e. The van der Waals surface area contributed by atoms with Gasteiger partial charge in [0, 0.05) is 16.8 Å². The molecular weight excluding hydrogens is 397 g/mol. The lowest BCUT2D eigenvalue weighted by Gasteiger charge is -2.16. The Bertz CT molecular complexity index is 1090. The Labute approximate surface area is 171 Å². The molecule has 0 unspecified atom stereocenters. The summed E-state index contributed by atoms with van der Waals surface area (Å²) in [5, 5.41) is 0. The number of hydrogen-bond donors (Lipinski definition) is 1. The number of nitrogen functional groups attached to an aromatic ring is 1. The lowest BCUT2D eigenvalue weighted by Crippen LogP contribution is -2.17. The van der Waals surface area contributed by atoms with Crippen LogP contribution in [0.1, 0.15) is 42.1 Å². The molecule has 0 radical (unpaired) electrons. The van der Waals surface area contributed by atoms with Gasteiger partial charge in [0.1, 0.15) is 11.5 Å². The summed E-state index contributed by atoms with van der Waals surface area (Å²) in [6.45, 7) is 4.88. The molecule has 0 aliphatic carbocycles. The molecule has 0 saturated carbocycles. The van der Waals surface area contributed by atoms with Gasteiger partial charge in [-0.05, 0) is 62.7 Å². The van der Waals surface area contributed by atoms with Gasteiger partial charge >= 0.3 is 5.97 Å². The number of anilines is 1. The van der Waals surface area contributed by atoms with E-state index in [2.05, 4.69) is 15.0 Å². The highest BCUT2D eigenvalue weighted by Crippen LogP contribution is 2.36. The van der Waals surface area contributed by atoms with Crippen LogP contribution in [0.3, 0.4) is 0 Å². The van der Waals surface area contributed by atoms with Crippen molar-refractivity contribution in [3.05, 3.63) is 59.3 Å². The maximum absolute atomic E-state index is 13.4. The summed E-state index contributed by atoms with van der Waals surface area (Å²) in [7, 11) is 0. The summed E-state index contributed by atoms with van der Waals surface area (Å²) < 4.78 is 45.4. The van der Waals surface area contributed by atoms with Gasteiger partial charge in [-0.1, -0.05) is 0 Å². The van der Waals surface area contributed by atoms with Crippen molar-refractivity contribution in [2.45, 2.75) is 33.3 Å². The van der Waals surface area contributed by atoms with E-state index in [0.717, 1.165) is 6.07 Å². The Balaban J connectivity index is 2.35. The largest absolute Gasteiger partial charge is 0.458 e. The molecule has 2 N–H and O–H groups in total. The molecule has 0 bridgehead atoms. The van der Waals surface area contributed by atoms with Crippen molar-refractivity contribution < 1.29 is 22.7 Å². The number of carbonyl (C=O) groups excluding carboxylic acids is 1. The standard InChI is InChI=1S/C21H19F3N4O2/c1-10(2)30-20(29)18-16(13-8-11(3)26-15(9-13)19(23)24)17(27-21(25)28-18)12-4-6-14(22)7-5-12/h4-10,19H,1-3H3,(H2,25,27,28). The van der Waals surface area contributed by atoms with Gasteiger partial charge in [-0.25, -0.2) is 27.9 Å². The summed E-state index contributed by atoms with van der Waals surface area (Å²) in [6, 6.07) is 8.00. The molecule has 6 nitrogen and oxygen atoms in total. The normalized spacial score (nSPS) is 11.2. The number of alkyl halides is 2. The number of halogens is 3. The average molecular weight is 416 g/mol. The van der Waals surface area contributed by atoms with Gasteiger partial charge in [-0.15, -0.1) is 0 Å². The van der Waals surface area contributed by atoms with E-state index in [0.29, 0.717) is 11.3 Å². The van der Waals surface area contributed by atoms with Crippen LogP contribution in [0, 0.1) is 12.7 Å². The summed E-state index contributed by atoms with van der Waals surface area (Å²) in [6.07, 6.45) is -3.27. The zero-order valence-electron chi connectivity index (χ0n) is 16.5. The third-order valence-electron chi connectivity index (χ3n) is 4.07. The topological polar surface area (TPSA) is 91.0 Å². The molecule has 3 aromatic rings. The molecule has 0 fully saturated rings. The molecule has 0 atom stereocenters. The third-order valence-corrected chi connectivity index (χ3v) is 4.07. The SMILES string of the molecule is Cc1cc(-c2c(C(=O)OC(C)C)nc(N)nc2-c2ccc(F)cc2)cc(C(F)F)n1. The molecule has 9 heteroatoms. The van der Waals surface area contributed by atoms with Crippen LogP contribution in [0.25, 0.3) is 22.4 Å². The van der Waals surface area contributed by atoms with E-state index in [9.17, 15) is 18.0 Å². The smallest absolute Gasteiger partial charge is 0.358 e. The Kier molecular flexibility index (Phi) is 6.00. The second-order valence-corrected chi connectivity index (χ2v) is 6.84. The number of rotatable bonds is 5. The van der Waals surface area contributed by atoms with Crippen molar-refractivity contribution in [2.75, 3.05) is 5.73 Å². The summed E-state index contributed by atoms with van der Waals surface area (Å²) >= 11 is 0. The van der Waals surface area contributed by atoms with Crippen LogP contribution in [-0.2, 0) is 4.74 Å². The number of benzene rings is 1. The second-order valence-electron chi connectivity index (χ2n) is 6.84. The molecule has 0 saturated heterocycles. The van der Waals surface area contributed by atoms with Gasteiger partial charge in [-0.2, -0.15) is 0 Å². The zero-order chi connectivity index (χ0) is 22.0. The maximum atomic E-state index is 13.4. The lowest BCUT2D eigenvalue weighted by molar-refractivity contribution is 0.0372. The Morgan fingerprint density at radius 3 is 2.30 bits per heavy atom. The molecule has 2 aromatic heterocycles. The Hall–Kier alpha value is -3.49. The van der Waals surface area contributed by atoms with Crippen molar-refractivity contribution in [1.82, 2.24) is 15.0 Å². The second kappa shape index (κ2) is 8.48. The molecule has 0 aliphatic heterocycles. The molecule has 2 heterocycles. The number of nitrogens with zero attached hydrogens (tertiary/aromatic N) is 3. The first-order valence-corrected chi connectivity index (χ1v) is 9.07. The van der Waals surface area contributed by atoms with Gasteiger partial charge in [0.25, 0.3) is 6.43 Å². The number of hydrogen-bond acceptors (Lipinski definition) is 6. The van der Waals surface area contributed by atoms with E-state index in [-0.39, 0.29) is 28.5 Å². The number of ether oxygens (including phenoxy) is 1. The van der Waals surface area contributed by atoms with E-state index >= 15 is 0 Å². The zero-order valence-corrected chi connectivity index (χ0v) is 16.5. The molecule has 156 valence electrons. The fourth-order valence-corrected chi connectivity index (χ4v) is 2.94. The lowest BCUT2D eigenvalue weighted by atomic mass is 9.96. The van der Waals surface area contributed by atoms with Gasteiger partial charge < -0.3 is 10.5 Å². The fourth-order valence-electron chi connectivity index (χ4n) is 2.94. The van der Waals surface area contributed by atoms with Crippen LogP contribution in [0.4, 0.5) is 19.1 Å². The van der Waals surface area contributed by atoms with Gasteiger partial charge in [0.15, 0.2) is 5.69 Å². The average Bonchev–Trinajstić information content (AvgIpc) is 2.66. The molecule has 0 aliphatic rings. The number of esters is 1. The molecule has 1 aromatic carbocycles. The molecule has 0 amide bonds. The number of nitrogens with two attached hydrogens (primary N) is 1. The minimum absolute atomic E-state index is 0.147. The number of aromatic nitrogens is 3. The van der Waals surface area contributed by atoms with Crippen LogP contribution in [0.5, 0.6) is 0 Å². The monoisotopic (exact) mass is 416 g/mol. The number of carbonyl (C=O) groups is 1. The summed E-state index contributed by atoms with van der Waals surface area (Å²) in [5.41, 5.74) is 6.48. The minimum atomic E-state index is -2.82. The van der Waals surface area contributed by atoms with Crippen molar-refractivity contribution in [3.63, 3.8) is 0 Å². The Morgan fingerprint density at radius 2 is 1.70 bits per heavy atom. The fraction of sp³-hybridized carbons (Fsp3) is 0.238. The maximum Gasteiger partial charge on any atom is 0.358 e. The van der Waals surface area contributed by atoms with Crippen molar-refractivity contribution >= 4 is 11.9 Å². The first-order chi connectivity index (χ1) is 14.2. The van der Waals surface area contributed by atoms with Crippen LogP contribution < -0.4 is 5.73 Å². The van der Waals surface area contributed by atoms with Crippen molar-refractivity contribution in [2.24, 2.45) is 0 Å². The quantitative estimate of drug-likeness (QED) is 0.604. The van der Waals surface area contributed by atoms with Gasteiger partial charge in [-0.3, -0.25) is 4.98 Å². The van der Waals surface area contributed by atoms with Gasteiger partial charge in [0.05, 0.1) is 11.8 Å². The number of pyridine rings is 1. The van der Waals surface area contributed by atoms with E-state index < -0.39 is 30.0 Å². The predicted molar refractivity (Wildman–Crippen MR) is 105 cm³/mol. The van der Waals surface area contributed by atoms with E-state index in [1.807, 2.05) is 0 Å². The van der Waals surface area contributed by atoms with Crippen LogP contribution in [0.15, 0.2) is 36.4 Å². The molecule has 3 rings (SSSR count). The molecular formula is C21H19F3N4O2. The molecule has 30 heavy (non-hydrogen) atoms. The third kappa shape index (κ3) is 4.56. The van der Waals surface area contributed by atoms with Crippen LogP contribution in [0.2, 0.25) is 0 Å². The van der Waals surface area contributed by atoms with Crippen LogP contribution >= 0.6 is 0 Å². The first-order valence-electron chi connectivity index (χ1n) is 9.07. The van der Waals surface area contributed by atoms with Crippen LogP contribution in [-0.4, -0.2) is 27.0 Å². The van der Waals surface area contributed by atoms with E-state index in [4.69, 9.17) is 10.5 Å². The van der Waals surface area contributed by atoms with E-state index in [1.165, 1.54) is 30.3 Å².